The van der Waals surface area contributed by atoms with E-state index in [1.165, 1.54) is 18.5 Å². The Morgan fingerprint density at radius 3 is 2.62 bits per heavy atom. The van der Waals surface area contributed by atoms with Gasteiger partial charge in [0, 0.05) is 11.4 Å². The number of aromatic nitrogens is 2. The second kappa shape index (κ2) is 6.65. The van der Waals surface area contributed by atoms with Gasteiger partial charge in [-0.05, 0) is 33.1 Å². The van der Waals surface area contributed by atoms with Crippen LogP contribution in [-0.4, -0.2) is 14.6 Å². The number of alkyl halides is 1. The first-order valence-corrected chi connectivity index (χ1v) is 7.25. The molecule has 1 unspecified atom stereocenters. The molecule has 1 atom stereocenters. The van der Waals surface area contributed by atoms with E-state index in [2.05, 4.69) is 34.9 Å². The maximum absolute atomic E-state index is 6.25. The summed E-state index contributed by atoms with van der Waals surface area (Å²) in [6, 6.07) is 0. The van der Waals surface area contributed by atoms with Crippen molar-refractivity contribution in [2.75, 3.05) is 0 Å². The molecule has 1 rings (SSSR count). The second-order valence-corrected chi connectivity index (χ2v) is 5.76. The van der Waals surface area contributed by atoms with Gasteiger partial charge in [-0.2, -0.15) is 5.10 Å². The Morgan fingerprint density at radius 2 is 2.06 bits per heavy atom. The monoisotopic (exact) mass is 306 g/mol. The molecule has 0 bridgehead atoms. The van der Waals surface area contributed by atoms with E-state index in [9.17, 15) is 0 Å². The fourth-order valence-electron chi connectivity index (χ4n) is 1.86. The molecule has 1 aromatic rings. The van der Waals surface area contributed by atoms with E-state index in [-0.39, 0.29) is 0 Å². The smallest absolute Gasteiger partial charge is 0.0847 e. The van der Waals surface area contributed by atoms with Crippen molar-refractivity contribution in [2.24, 2.45) is 0 Å². The summed E-state index contributed by atoms with van der Waals surface area (Å²) in [5.74, 6) is 0. The fourth-order valence-corrected chi connectivity index (χ4v) is 2.78. The molecule has 0 aliphatic carbocycles. The number of hydrogen-bond acceptors (Lipinski definition) is 1. The van der Waals surface area contributed by atoms with Gasteiger partial charge in [-0.1, -0.05) is 40.9 Å². The van der Waals surface area contributed by atoms with Gasteiger partial charge in [0.15, 0.2) is 0 Å². The van der Waals surface area contributed by atoms with Crippen LogP contribution in [0.5, 0.6) is 0 Å². The van der Waals surface area contributed by atoms with Crippen molar-refractivity contribution in [3.63, 3.8) is 0 Å². The van der Waals surface area contributed by atoms with Gasteiger partial charge in [-0.15, -0.1) is 0 Å². The number of aryl methyl sites for hydroxylation is 2. The summed E-state index contributed by atoms with van der Waals surface area (Å²) in [6.07, 6.45) is 4.56. The molecular formula is C12H20BrClN2. The van der Waals surface area contributed by atoms with Gasteiger partial charge in [0.25, 0.3) is 0 Å². The predicted octanol–water partition coefficient (Wildman–Crippen LogP) is 4.36. The molecule has 2 nitrogen and oxygen atoms in total. The van der Waals surface area contributed by atoms with Crippen molar-refractivity contribution in [1.29, 1.82) is 0 Å². The van der Waals surface area contributed by atoms with Gasteiger partial charge in [0.05, 0.1) is 16.4 Å². The average Bonchev–Trinajstić information content (AvgIpc) is 2.53. The van der Waals surface area contributed by atoms with E-state index in [1.54, 1.807) is 0 Å². The molecule has 1 heterocycles. The third-order valence-electron chi connectivity index (χ3n) is 2.75. The Bertz CT molecular complexity index is 336. The number of hydrogen-bond donors (Lipinski definition) is 0. The summed E-state index contributed by atoms with van der Waals surface area (Å²) in [6.45, 7) is 7.17. The van der Waals surface area contributed by atoms with Crippen molar-refractivity contribution in [3.8, 4) is 0 Å². The summed E-state index contributed by atoms with van der Waals surface area (Å²) in [4.78, 5) is 0.592. The van der Waals surface area contributed by atoms with Gasteiger partial charge >= 0.3 is 0 Å². The van der Waals surface area contributed by atoms with Crippen LogP contribution >= 0.6 is 27.5 Å². The van der Waals surface area contributed by atoms with Crippen molar-refractivity contribution in [1.82, 2.24) is 9.78 Å². The van der Waals surface area contributed by atoms with Crippen LogP contribution < -0.4 is 0 Å². The Balaban J connectivity index is 2.65. The molecule has 0 aliphatic rings. The third-order valence-corrected chi connectivity index (χ3v) is 4.16. The third kappa shape index (κ3) is 3.49. The van der Waals surface area contributed by atoms with Gasteiger partial charge < -0.3 is 0 Å². The fraction of sp³-hybridized carbons (Fsp3) is 0.750. The van der Waals surface area contributed by atoms with Crippen molar-refractivity contribution >= 4 is 27.5 Å². The van der Waals surface area contributed by atoms with Crippen LogP contribution in [0.4, 0.5) is 0 Å². The molecule has 0 N–H and O–H groups in total. The summed E-state index contributed by atoms with van der Waals surface area (Å²) >= 11 is 9.96. The molecule has 0 amide bonds. The molecule has 16 heavy (non-hydrogen) atoms. The molecule has 0 fully saturated rings. The van der Waals surface area contributed by atoms with Gasteiger partial charge in [0.1, 0.15) is 0 Å². The SMILES string of the molecule is CCCC(Br)CCc1c(Cl)c(C)nn1CC. The van der Waals surface area contributed by atoms with Crippen LogP contribution in [-0.2, 0) is 13.0 Å². The Morgan fingerprint density at radius 1 is 1.38 bits per heavy atom. The first kappa shape index (κ1) is 14.0. The summed E-state index contributed by atoms with van der Waals surface area (Å²) in [5, 5.41) is 5.27. The lowest BCUT2D eigenvalue weighted by molar-refractivity contribution is 0.595. The van der Waals surface area contributed by atoms with Crippen molar-refractivity contribution in [2.45, 2.75) is 57.8 Å². The summed E-state index contributed by atoms with van der Waals surface area (Å²) in [5.41, 5.74) is 2.13. The maximum atomic E-state index is 6.25. The van der Waals surface area contributed by atoms with E-state index < -0.39 is 0 Å². The normalized spacial score (nSPS) is 13.1. The largest absolute Gasteiger partial charge is 0.268 e. The first-order valence-electron chi connectivity index (χ1n) is 5.95. The number of rotatable bonds is 6. The van der Waals surface area contributed by atoms with E-state index in [1.807, 2.05) is 11.6 Å². The number of nitrogens with zero attached hydrogens (tertiary/aromatic N) is 2. The van der Waals surface area contributed by atoms with Crippen LogP contribution in [0, 0.1) is 6.92 Å². The predicted molar refractivity (Wildman–Crippen MR) is 73.6 cm³/mol. The molecule has 0 radical (unpaired) electrons. The summed E-state index contributed by atoms with van der Waals surface area (Å²) in [7, 11) is 0. The highest BCUT2D eigenvalue weighted by Gasteiger charge is 2.13. The lowest BCUT2D eigenvalue weighted by Gasteiger charge is -2.09. The molecule has 4 heteroatoms. The van der Waals surface area contributed by atoms with Gasteiger partial charge in [0.2, 0.25) is 0 Å². The molecule has 92 valence electrons. The van der Waals surface area contributed by atoms with Crippen molar-refractivity contribution in [3.05, 3.63) is 16.4 Å². The Kier molecular flexibility index (Phi) is 5.84. The van der Waals surface area contributed by atoms with Crippen LogP contribution in [0.1, 0.15) is 44.5 Å². The minimum Gasteiger partial charge on any atom is -0.268 e. The molecular weight excluding hydrogens is 288 g/mol. The molecule has 0 aliphatic heterocycles. The van der Waals surface area contributed by atoms with E-state index in [0.29, 0.717) is 4.83 Å². The standard InChI is InChI=1S/C12H20BrClN2/c1-4-6-10(13)7-8-11-12(14)9(3)15-16(11)5-2/h10H,4-8H2,1-3H3. The number of halogens is 2. The molecule has 0 saturated heterocycles. The van der Waals surface area contributed by atoms with E-state index in [4.69, 9.17) is 11.6 Å². The topological polar surface area (TPSA) is 17.8 Å². The van der Waals surface area contributed by atoms with Gasteiger partial charge in [-0.3, -0.25) is 4.68 Å². The van der Waals surface area contributed by atoms with Crippen LogP contribution in [0.3, 0.4) is 0 Å². The zero-order chi connectivity index (χ0) is 12.1. The van der Waals surface area contributed by atoms with E-state index in [0.717, 1.165) is 30.1 Å². The van der Waals surface area contributed by atoms with Crippen molar-refractivity contribution < 1.29 is 0 Å². The molecule has 0 aromatic carbocycles. The average molecular weight is 308 g/mol. The zero-order valence-electron chi connectivity index (χ0n) is 10.3. The van der Waals surface area contributed by atoms with E-state index >= 15 is 0 Å². The second-order valence-electron chi connectivity index (χ2n) is 4.09. The zero-order valence-corrected chi connectivity index (χ0v) is 12.6. The first-order chi connectivity index (χ1) is 7.60. The Labute approximate surface area is 111 Å². The lowest BCUT2D eigenvalue weighted by atomic mass is 10.1. The maximum Gasteiger partial charge on any atom is 0.0847 e. The molecule has 0 saturated carbocycles. The highest BCUT2D eigenvalue weighted by Crippen LogP contribution is 2.24. The minimum absolute atomic E-state index is 0.592. The van der Waals surface area contributed by atoms with Crippen LogP contribution in [0.15, 0.2) is 0 Å². The molecule has 0 spiro atoms. The summed E-state index contributed by atoms with van der Waals surface area (Å²) < 4.78 is 2.02. The minimum atomic E-state index is 0.592. The van der Waals surface area contributed by atoms with Crippen LogP contribution in [0.2, 0.25) is 5.02 Å². The Hall–Kier alpha value is -0.0200. The lowest BCUT2D eigenvalue weighted by Crippen LogP contribution is -2.06. The van der Waals surface area contributed by atoms with Crippen LogP contribution in [0.25, 0.3) is 0 Å². The highest BCUT2D eigenvalue weighted by molar-refractivity contribution is 9.09. The highest BCUT2D eigenvalue weighted by atomic mass is 79.9. The quantitative estimate of drug-likeness (QED) is 0.714. The molecule has 1 aromatic heterocycles. The van der Waals surface area contributed by atoms with Gasteiger partial charge in [-0.25, -0.2) is 0 Å².